The van der Waals surface area contributed by atoms with E-state index in [2.05, 4.69) is 5.32 Å². The molecule has 4 rings (SSSR count). The van der Waals surface area contributed by atoms with E-state index >= 15 is 0 Å². The van der Waals surface area contributed by atoms with Gasteiger partial charge >= 0.3 is 0 Å². The third kappa shape index (κ3) is 6.36. The van der Waals surface area contributed by atoms with Crippen LogP contribution in [0.2, 0.25) is 0 Å². The van der Waals surface area contributed by atoms with Crippen molar-refractivity contribution >= 4 is 17.6 Å². The average molecular weight is 428 g/mol. The lowest BCUT2D eigenvalue weighted by molar-refractivity contribution is -0.136. The number of ketones is 1. The molecule has 0 saturated heterocycles. The zero-order chi connectivity index (χ0) is 22.2. The SMILES string of the molecule is O=C1CC(C(=O)NO)CCCCOc2ccc(cc2)C[C@@H](C(=O)c2ccc(F)cc2)N1. The van der Waals surface area contributed by atoms with Crippen LogP contribution in [0.1, 0.15) is 41.6 Å². The largest absolute Gasteiger partial charge is 0.494 e. The molecular formula is C23H25FN2O5. The lowest BCUT2D eigenvalue weighted by atomic mass is 9.95. The van der Waals surface area contributed by atoms with Crippen LogP contribution in [0.4, 0.5) is 4.39 Å². The van der Waals surface area contributed by atoms with Crippen molar-refractivity contribution in [3.05, 3.63) is 65.5 Å². The maximum Gasteiger partial charge on any atom is 0.246 e. The number of hydrogen-bond acceptors (Lipinski definition) is 5. The molecule has 2 aliphatic heterocycles. The Kier molecular flexibility index (Phi) is 7.72. The van der Waals surface area contributed by atoms with Gasteiger partial charge in [-0.05, 0) is 61.2 Å². The van der Waals surface area contributed by atoms with Gasteiger partial charge in [0.1, 0.15) is 11.6 Å². The molecule has 1 unspecified atom stereocenters. The first-order chi connectivity index (χ1) is 15.0. The highest BCUT2D eigenvalue weighted by Crippen LogP contribution is 2.19. The number of amides is 2. The monoisotopic (exact) mass is 428 g/mol. The van der Waals surface area contributed by atoms with E-state index in [1.807, 2.05) is 12.1 Å². The van der Waals surface area contributed by atoms with Crippen LogP contribution in [0.5, 0.6) is 5.75 Å². The lowest BCUT2D eigenvalue weighted by Gasteiger charge is -2.20. The van der Waals surface area contributed by atoms with Crippen molar-refractivity contribution in [2.75, 3.05) is 6.61 Å². The molecule has 0 saturated carbocycles. The maximum absolute atomic E-state index is 13.3. The molecule has 2 aliphatic rings. The van der Waals surface area contributed by atoms with Crippen molar-refractivity contribution < 1.29 is 28.7 Å². The molecule has 2 aromatic carbocycles. The van der Waals surface area contributed by atoms with Gasteiger partial charge in [0.25, 0.3) is 0 Å². The van der Waals surface area contributed by atoms with E-state index in [1.165, 1.54) is 24.3 Å². The molecule has 31 heavy (non-hydrogen) atoms. The van der Waals surface area contributed by atoms with Gasteiger partial charge in [0, 0.05) is 24.3 Å². The fourth-order valence-electron chi connectivity index (χ4n) is 3.56. The number of fused-ring (bicyclic) bond motifs is 12. The predicted molar refractivity (Wildman–Crippen MR) is 110 cm³/mol. The number of benzene rings is 2. The summed E-state index contributed by atoms with van der Waals surface area (Å²) in [5.41, 5.74) is 2.69. The van der Waals surface area contributed by atoms with Gasteiger partial charge in [-0.25, -0.2) is 9.87 Å². The molecule has 2 amide bonds. The minimum Gasteiger partial charge on any atom is -0.494 e. The Labute approximate surface area is 179 Å². The molecule has 2 bridgehead atoms. The Balaban J connectivity index is 1.86. The van der Waals surface area contributed by atoms with Gasteiger partial charge < -0.3 is 10.1 Å². The van der Waals surface area contributed by atoms with Crippen molar-refractivity contribution in [1.29, 1.82) is 0 Å². The van der Waals surface area contributed by atoms with E-state index in [4.69, 9.17) is 9.94 Å². The lowest BCUT2D eigenvalue weighted by Crippen LogP contribution is -2.44. The van der Waals surface area contributed by atoms with Crippen LogP contribution in [0.25, 0.3) is 0 Å². The minimum atomic E-state index is -0.896. The fourth-order valence-corrected chi connectivity index (χ4v) is 3.56. The molecule has 2 heterocycles. The minimum absolute atomic E-state index is 0.168. The summed E-state index contributed by atoms with van der Waals surface area (Å²) in [5, 5.41) is 11.7. The third-order valence-electron chi connectivity index (χ3n) is 5.27. The smallest absolute Gasteiger partial charge is 0.246 e. The van der Waals surface area contributed by atoms with Crippen LogP contribution in [0, 0.1) is 11.7 Å². The second-order valence-electron chi connectivity index (χ2n) is 7.56. The van der Waals surface area contributed by atoms with Crippen molar-refractivity contribution in [3.8, 4) is 5.75 Å². The number of Topliss-reactive ketones (excluding diaryl/α,β-unsaturated/α-hetero) is 1. The zero-order valence-electron chi connectivity index (χ0n) is 17.0. The van der Waals surface area contributed by atoms with E-state index < -0.39 is 29.6 Å². The molecule has 2 aromatic rings. The van der Waals surface area contributed by atoms with E-state index in [1.54, 1.807) is 17.6 Å². The normalized spacial score (nSPS) is 20.0. The van der Waals surface area contributed by atoms with Crippen LogP contribution in [-0.2, 0) is 16.0 Å². The van der Waals surface area contributed by atoms with E-state index in [9.17, 15) is 18.8 Å². The quantitative estimate of drug-likeness (QED) is 0.396. The molecular weight excluding hydrogens is 403 g/mol. The van der Waals surface area contributed by atoms with Crippen molar-refractivity contribution in [3.63, 3.8) is 0 Å². The third-order valence-corrected chi connectivity index (χ3v) is 5.27. The topological polar surface area (TPSA) is 105 Å². The first kappa shape index (κ1) is 22.4. The fraction of sp³-hybridized carbons (Fsp3) is 0.348. The van der Waals surface area contributed by atoms with E-state index in [0.29, 0.717) is 31.6 Å². The second-order valence-corrected chi connectivity index (χ2v) is 7.56. The molecule has 3 N–H and O–H groups in total. The maximum atomic E-state index is 13.3. The average Bonchev–Trinajstić information content (AvgIpc) is 2.78. The van der Waals surface area contributed by atoms with Gasteiger partial charge in [-0.15, -0.1) is 0 Å². The number of hydroxylamine groups is 1. The Hall–Kier alpha value is -3.26. The Morgan fingerprint density at radius 2 is 1.74 bits per heavy atom. The zero-order valence-corrected chi connectivity index (χ0v) is 17.0. The van der Waals surface area contributed by atoms with Gasteiger partial charge in [0.05, 0.1) is 12.6 Å². The number of rotatable bonds is 3. The molecule has 2 atom stereocenters. The van der Waals surface area contributed by atoms with Crippen molar-refractivity contribution in [2.45, 2.75) is 38.1 Å². The number of carbonyl (C=O) groups excluding carboxylic acids is 3. The Morgan fingerprint density at radius 1 is 1.03 bits per heavy atom. The molecule has 0 aliphatic carbocycles. The summed E-state index contributed by atoms with van der Waals surface area (Å²) in [6.07, 6.45) is 1.75. The summed E-state index contributed by atoms with van der Waals surface area (Å²) >= 11 is 0. The van der Waals surface area contributed by atoms with Crippen LogP contribution in [-0.4, -0.2) is 35.5 Å². The summed E-state index contributed by atoms with van der Waals surface area (Å²) in [6.45, 7) is 0.463. The number of ether oxygens (including phenoxy) is 1. The van der Waals surface area contributed by atoms with E-state index in [0.717, 1.165) is 5.56 Å². The molecule has 8 heteroatoms. The number of nitrogens with one attached hydrogen (secondary N) is 2. The number of carbonyl (C=O) groups is 3. The highest BCUT2D eigenvalue weighted by molar-refractivity contribution is 6.02. The van der Waals surface area contributed by atoms with Crippen LogP contribution in [0.3, 0.4) is 0 Å². The van der Waals surface area contributed by atoms with Crippen LogP contribution < -0.4 is 15.5 Å². The summed E-state index contributed by atoms with van der Waals surface area (Å²) < 4.78 is 19.0. The number of halogens is 1. The predicted octanol–water partition coefficient (Wildman–Crippen LogP) is 2.81. The van der Waals surface area contributed by atoms with Gasteiger partial charge in [-0.3, -0.25) is 19.6 Å². The number of hydrogen-bond donors (Lipinski definition) is 3. The molecule has 0 radical (unpaired) electrons. The molecule has 0 aromatic heterocycles. The van der Waals surface area contributed by atoms with Crippen molar-refractivity contribution in [1.82, 2.24) is 10.8 Å². The summed E-state index contributed by atoms with van der Waals surface area (Å²) in [5.74, 6) is -1.98. The second kappa shape index (κ2) is 10.7. The van der Waals surface area contributed by atoms with E-state index in [-0.39, 0.29) is 24.2 Å². The highest BCUT2D eigenvalue weighted by atomic mass is 19.1. The van der Waals surface area contributed by atoms with Crippen LogP contribution >= 0.6 is 0 Å². The summed E-state index contributed by atoms with van der Waals surface area (Å²) in [4.78, 5) is 37.7. The van der Waals surface area contributed by atoms with Gasteiger partial charge in [0.15, 0.2) is 5.78 Å². The molecule has 0 fully saturated rings. The molecule has 7 nitrogen and oxygen atoms in total. The summed E-state index contributed by atoms with van der Waals surface area (Å²) in [7, 11) is 0. The standard InChI is InChI=1S/C23H25FN2O5/c24-18-8-6-16(7-9-18)22(28)20-13-15-4-10-19(11-5-15)31-12-2-1-3-17(23(29)26-30)14-21(27)25-20/h4-11,17,20,30H,1-3,12-14H2,(H,25,27)(H,26,29)/t17?,20-/m0/s1. The Bertz CT molecular complexity index is 915. The Morgan fingerprint density at radius 3 is 2.42 bits per heavy atom. The van der Waals surface area contributed by atoms with Crippen molar-refractivity contribution in [2.24, 2.45) is 5.92 Å². The molecule has 0 spiro atoms. The van der Waals surface area contributed by atoms with Gasteiger partial charge in [-0.2, -0.15) is 0 Å². The first-order valence-corrected chi connectivity index (χ1v) is 10.2. The van der Waals surface area contributed by atoms with Gasteiger partial charge in [0.2, 0.25) is 11.8 Å². The van der Waals surface area contributed by atoms with Crippen LogP contribution in [0.15, 0.2) is 48.5 Å². The molecule has 164 valence electrons. The summed E-state index contributed by atoms with van der Waals surface area (Å²) in [6, 6.07) is 11.5. The van der Waals surface area contributed by atoms with Gasteiger partial charge in [-0.1, -0.05) is 12.1 Å². The first-order valence-electron chi connectivity index (χ1n) is 10.2. The highest BCUT2D eigenvalue weighted by Gasteiger charge is 2.26.